The Morgan fingerprint density at radius 1 is 0.797 bits per heavy atom. The number of para-hydroxylation sites is 1. The maximum Gasteiger partial charge on any atom is 0.410 e. The van der Waals surface area contributed by atoms with Crippen molar-refractivity contribution >= 4 is 64.4 Å². The van der Waals surface area contributed by atoms with Crippen molar-refractivity contribution in [2.75, 3.05) is 26.0 Å². The van der Waals surface area contributed by atoms with Gasteiger partial charge in [-0.05, 0) is 87.1 Å². The number of rotatable bonds is 22. The number of hydrogen-bond donors (Lipinski definition) is 7. The molecule has 5 atom stereocenters. The number of amides is 8. The first-order valence-corrected chi connectivity index (χ1v) is 24.8. The van der Waals surface area contributed by atoms with E-state index >= 15 is 4.79 Å². The fraction of sp³-hybridized carbons (Fsp3) is 0.556. The molecular formula is C54H81N9O11. The molecule has 0 spiro atoms. The van der Waals surface area contributed by atoms with E-state index in [-0.39, 0.29) is 43.4 Å². The van der Waals surface area contributed by atoms with Crippen molar-refractivity contribution < 1.29 is 52.9 Å². The fourth-order valence-electron chi connectivity index (χ4n) is 8.57. The molecule has 8 amide bonds. The molecule has 3 rings (SSSR count). The second-order valence-corrected chi connectivity index (χ2v) is 22.2. The highest BCUT2D eigenvalue weighted by Crippen LogP contribution is 2.37. The van der Waals surface area contributed by atoms with Gasteiger partial charge in [0, 0.05) is 61.5 Å². The maximum absolute atomic E-state index is 15.0. The van der Waals surface area contributed by atoms with E-state index in [0.717, 1.165) is 16.5 Å². The molecule has 408 valence electrons. The number of aromatic nitrogens is 1. The Bertz CT molecular complexity index is 2520. The molecule has 0 bridgehead atoms. The van der Waals surface area contributed by atoms with E-state index in [4.69, 9.17) is 15.2 Å². The number of alkyl carbamates (subject to hydrolysis) is 1. The standard InChI is InChI=1S/C54H81N9O11/c1-31(2)40(28-33(5)48(68)69)62(15)47(67)42(52(6,7)8)60-46(66)43(54(12,13)37-29-61(14)39-22-18-17-20-36(37)39)63(16)51(72)73-30-34-23-25-35(26-24-34)57-44(64)38(21-19-27-56-49(55)70)58-45(65)41(32(3)4)59-50(71)74-53(9,10)11/h17-18,20,22-26,28-29,31-32,38,40-43H,19,21,27,30H2,1-16H3,(H,57,64)(H,58,65)(H,59,71)(H,60,66)(H,68,69)(H3,55,56,70)/b33-28+/t38-,40+,41-,42+,43+/m0/s1. The van der Waals surface area contributed by atoms with E-state index in [1.54, 1.807) is 65.9 Å². The Hall–Kier alpha value is -7.12. The maximum atomic E-state index is 15.0. The molecule has 8 N–H and O–H groups in total. The number of fused-ring (bicyclic) bond motifs is 1. The minimum atomic E-state index is -1.25. The molecule has 0 aliphatic carbocycles. The first-order valence-electron chi connectivity index (χ1n) is 24.8. The quantitative estimate of drug-likeness (QED) is 0.0418. The Morgan fingerprint density at radius 2 is 1.41 bits per heavy atom. The first kappa shape index (κ1) is 61.2. The van der Waals surface area contributed by atoms with Crippen molar-refractivity contribution in [3.63, 3.8) is 0 Å². The Morgan fingerprint density at radius 3 is 1.95 bits per heavy atom. The number of carboxylic acids is 1. The monoisotopic (exact) mass is 1030 g/mol. The van der Waals surface area contributed by atoms with Gasteiger partial charge < -0.3 is 56.4 Å². The molecule has 0 unspecified atom stereocenters. The number of likely N-dealkylation sites (N-methyl/N-ethyl adjacent to an activating group) is 2. The van der Waals surface area contributed by atoms with Crippen molar-refractivity contribution in [1.82, 2.24) is 35.6 Å². The summed E-state index contributed by atoms with van der Waals surface area (Å²) < 4.78 is 13.1. The summed E-state index contributed by atoms with van der Waals surface area (Å²) in [5.41, 5.74) is 5.07. The third-order valence-corrected chi connectivity index (χ3v) is 12.6. The number of nitrogens with zero attached hydrogens (tertiary/aromatic N) is 3. The van der Waals surface area contributed by atoms with Crippen LogP contribution in [0.4, 0.5) is 20.1 Å². The lowest BCUT2D eigenvalue weighted by molar-refractivity contribution is -0.141. The summed E-state index contributed by atoms with van der Waals surface area (Å²) in [5.74, 6) is -3.94. The lowest BCUT2D eigenvalue weighted by Crippen LogP contribution is -2.63. The van der Waals surface area contributed by atoms with Crippen molar-refractivity contribution in [3.8, 4) is 0 Å². The van der Waals surface area contributed by atoms with Crippen LogP contribution in [0.5, 0.6) is 0 Å². The molecule has 0 radical (unpaired) electrons. The third-order valence-electron chi connectivity index (χ3n) is 12.6. The average molecular weight is 1030 g/mol. The van der Waals surface area contributed by atoms with Crippen molar-refractivity contribution in [2.24, 2.45) is 30.0 Å². The molecule has 20 nitrogen and oxygen atoms in total. The Kier molecular flexibility index (Phi) is 21.2. The molecule has 3 aromatic rings. The number of carbonyl (C=O) groups excluding carboxylic acids is 7. The van der Waals surface area contributed by atoms with Gasteiger partial charge >= 0.3 is 24.2 Å². The molecule has 0 fully saturated rings. The molecule has 1 aromatic heterocycles. The highest BCUT2D eigenvalue weighted by Gasteiger charge is 2.46. The van der Waals surface area contributed by atoms with Crippen LogP contribution in [0.3, 0.4) is 0 Å². The number of carbonyl (C=O) groups is 8. The van der Waals surface area contributed by atoms with Gasteiger partial charge in [-0.25, -0.2) is 19.2 Å². The summed E-state index contributed by atoms with van der Waals surface area (Å²) in [4.78, 5) is 109. The van der Waals surface area contributed by atoms with Crippen LogP contribution in [0.15, 0.2) is 66.4 Å². The van der Waals surface area contributed by atoms with Gasteiger partial charge in [-0.3, -0.25) is 24.1 Å². The van der Waals surface area contributed by atoms with E-state index in [9.17, 15) is 38.7 Å². The summed E-state index contributed by atoms with van der Waals surface area (Å²) in [5, 5.41) is 24.1. The van der Waals surface area contributed by atoms with Crippen LogP contribution in [-0.2, 0) is 52.5 Å². The predicted octanol–water partition coefficient (Wildman–Crippen LogP) is 6.56. The SMILES string of the molecule is C/C(=C\[C@H](C(C)C)N(C)C(=O)[C@@H](NC(=O)[C@@H](N(C)C(=O)OCc1ccc(NC(=O)[C@H](CCCNC(N)=O)NC(=O)[C@@H](NC(=O)OC(C)(C)C)C(C)C)cc1)C(C)(C)c1cn(C)c2ccccc12)C(C)(C)C)C(=O)O. The van der Waals surface area contributed by atoms with Gasteiger partial charge in [-0.2, -0.15) is 0 Å². The molecule has 74 heavy (non-hydrogen) atoms. The molecule has 0 aliphatic heterocycles. The predicted molar refractivity (Wildman–Crippen MR) is 284 cm³/mol. The number of primary amides is 1. The highest BCUT2D eigenvalue weighted by atomic mass is 16.6. The van der Waals surface area contributed by atoms with E-state index in [1.165, 1.54) is 29.8 Å². The second kappa shape index (κ2) is 25.7. The average Bonchev–Trinajstić information content (AvgIpc) is 3.64. The minimum absolute atomic E-state index is 0.0722. The zero-order valence-corrected chi connectivity index (χ0v) is 46.1. The lowest BCUT2D eigenvalue weighted by atomic mass is 9.76. The largest absolute Gasteiger partial charge is 0.478 e. The number of benzene rings is 2. The van der Waals surface area contributed by atoms with E-state index in [2.05, 4.69) is 26.6 Å². The van der Waals surface area contributed by atoms with E-state index in [0.29, 0.717) is 11.3 Å². The fourth-order valence-corrected chi connectivity index (χ4v) is 8.57. The van der Waals surface area contributed by atoms with Gasteiger partial charge in [0.05, 0.1) is 6.04 Å². The van der Waals surface area contributed by atoms with Crippen LogP contribution in [-0.4, -0.2) is 124 Å². The first-order chi connectivity index (χ1) is 34.2. The molecule has 1 heterocycles. The number of urea groups is 1. The molecule has 2 aromatic carbocycles. The minimum Gasteiger partial charge on any atom is -0.478 e. The topological polar surface area (TPSA) is 273 Å². The number of aryl methyl sites for hydroxylation is 1. The summed E-state index contributed by atoms with van der Waals surface area (Å²) in [6, 6.07) is 8.26. The van der Waals surface area contributed by atoms with E-state index < -0.39 is 94.5 Å². The summed E-state index contributed by atoms with van der Waals surface area (Å²) in [7, 11) is 4.93. The van der Waals surface area contributed by atoms with Crippen LogP contribution in [0.2, 0.25) is 0 Å². The van der Waals surface area contributed by atoms with Crippen molar-refractivity contribution in [3.05, 3.63) is 77.5 Å². The van der Waals surface area contributed by atoms with Crippen LogP contribution in [0, 0.1) is 17.3 Å². The number of anilines is 1. The number of hydrogen-bond acceptors (Lipinski definition) is 10. The van der Waals surface area contributed by atoms with Crippen LogP contribution >= 0.6 is 0 Å². The second-order valence-electron chi connectivity index (χ2n) is 22.2. The highest BCUT2D eigenvalue weighted by molar-refractivity contribution is 5.98. The molecule has 20 heteroatoms. The summed E-state index contributed by atoms with van der Waals surface area (Å²) in [6.07, 6.45) is 2.17. The van der Waals surface area contributed by atoms with Gasteiger partial charge in [-0.1, -0.05) is 98.7 Å². The molecule has 0 aliphatic rings. The Labute approximate surface area is 435 Å². The van der Waals surface area contributed by atoms with Crippen LogP contribution < -0.4 is 32.3 Å². The normalized spacial score (nSPS) is 14.2. The zero-order chi connectivity index (χ0) is 56.2. The zero-order valence-electron chi connectivity index (χ0n) is 46.1. The summed E-state index contributed by atoms with van der Waals surface area (Å²) in [6.45, 7) is 22.8. The van der Waals surface area contributed by atoms with Crippen molar-refractivity contribution in [1.29, 1.82) is 0 Å². The smallest absolute Gasteiger partial charge is 0.410 e. The summed E-state index contributed by atoms with van der Waals surface area (Å²) >= 11 is 0. The molecular weight excluding hydrogens is 951 g/mol. The van der Waals surface area contributed by atoms with Gasteiger partial charge in [0.2, 0.25) is 23.6 Å². The molecule has 0 saturated carbocycles. The van der Waals surface area contributed by atoms with Gasteiger partial charge in [0.25, 0.3) is 0 Å². The number of carboxylic acid groups (broad SMARTS) is 1. The number of aliphatic carboxylic acids is 1. The Balaban J connectivity index is 1.92. The van der Waals surface area contributed by atoms with Crippen LogP contribution in [0.1, 0.15) is 114 Å². The van der Waals surface area contributed by atoms with E-state index in [1.807, 2.05) is 90.5 Å². The molecule has 0 saturated heterocycles. The number of nitrogens with one attached hydrogen (secondary N) is 5. The number of nitrogens with two attached hydrogens (primary N) is 1. The van der Waals surface area contributed by atoms with Gasteiger partial charge in [0.1, 0.15) is 36.4 Å². The third kappa shape index (κ3) is 17.0. The lowest BCUT2D eigenvalue weighted by Gasteiger charge is -2.42. The number of ether oxygens (including phenoxy) is 2. The van der Waals surface area contributed by atoms with Gasteiger partial charge in [-0.15, -0.1) is 0 Å². The van der Waals surface area contributed by atoms with Crippen LogP contribution in [0.25, 0.3) is 10.9 Å². The van der Waals surface area contributed by atoms with Gasteiger partial charge in [0.15, 0.2) is 0 Å². The van der Waals surface area contributed by atoms with Crippen molar-refractivity contribution in [2.45, 2.75) is 151 Å².